The molecule has 0 radical (unpaired) electrons. The van der Waals surface area contributed by atoms with Gasteiger partial charge < -0.3 is 5.73 Å². The van der Waals surface area contributed by atoms with E-state index in [-0.39, 0.29) is 11.4 Å². The molecule has 1 aromatic carbocycles. The van der Waals surface area contributed by atoms with Gasteiger partial charge in [-0.05, 0) is 31.0 Å². The molecule has 1 rings (SSSR count). The van der Waals surface area contributed by atoms with Crippen molar-refractivity contribution in [2.75, 3.05) is 13.1 Å². The summed E-state index contributed by atoms with van der Waals surface area (Å²) in [5, 5.41) is 0. The molecule has 0 aromatic heterocycles. The lowest BCUT2D eigenvalue weighted by Crippen LogP contribution is -2.55. The van der Waals surface area contributed by atoms with Crippen molar-refractivity contribution in [3.8, 4) is 0 Å². The molecule has 0 saturated carbocycles. The molecule has 0 fully saturated rings. The molecule has 0 amide bonds. The van der Waals surface area contributed by atoms with E-state index in [0.29, 0.717) is 19.4 Å². The van der Waals surface area contributed by atoms with Gasteiger partial charge >= 0.3 is 0 Å². The fourth-order valence-electron chi connectivity index (χ4n) is 2.51. The molecule has 4 nitrogen and oxygen atoms in total. The Morgan fingerprint density at radius 2 is 1.85 bits per heavy atom. The Labute approximate surface area is 120 Å². The van der Waals surface area contributed by atoms with Gasteiger partial charge in [0.05, 0.1) is 4.90 Å². The highest BCUT2D eigenvalue weighted by Crippen LogP contribution is 2.29. The zero-order chi connectivity index (χ0) is 15.4. The molecule has 0 aliphatic heterocycles. The Balaban J connectivity index is 3.36. The Hall–Kier alpha value is -0.980. The van der Waals surface area contributed by atoms with Crippen LogP contribution in [0.15, 0.2) is 29.2 Å². The van der Waals surface area contributed by atoms with Crippen molar-refractivity contribution >= 4 is 10.0 Å². The highest BCUT2D eigenvalue weighted by atomic mass is 32.2. The van der Waals surface area contributed by atoms with Gasteiger partial charge in [0.25, 0.3) is 0 Å². The molecule has 0 aliphatic carbocycles. The molecule has 6 heteroatoms. The summed E-state index contributed by atoms with van der Waals surface area (Å²) in [5.41, 5.74) is 5.20. The van der Waals surface area contributed by atoms with Gasteiger partial charge in [-0.25, -0.2) is 12.8 Å². The average molecular weight is 302 g/mol. The second kappa shape index (κ2) is 6.65. The highest BCUT2D eigenvalue weighted by Gasteiger charge is 2.39. The Bertz CT molecular complexity index is 534. The maximum absolute atomic E-state index is 13.3. The number of hydrogen-bond donors (Lipinski definition) is 1. The molecule has 114 valence electrons. The normalized spacial score (nSPS) is 12.9. The summed E-state index contributed by atoms with van der Waals surface area (Å²) in [6.45, 7) is 6.15. The first-order chi connectivity index (χ1) is 9.37. The van der Waals surface area contributed by atoms with Crippen LogP contribution in [0.2, 0.25) is 0 Å². The smallest absolute Gasteiger partial charge is 0.243 e. The van der Waals surface area contributed by atoms with Crippen LogP contribution in [0.1, 0.15) is 33.6 Å². The topological polar surface area (TPSA) is 63.4 Å². The summed E-state index contributed by atoms with van der Waals surface area (Å²) in [6, 6.07) is 5.08. The molecule has 2 N–H and O–H groups in total. The van der Waals surface area contributed by atoms with Crippen molar-refractivity contribution in [2.24, 2.45) is 5.73 Å². The molecule has 0 saturated heterocycles. The van der Waals surface area contributed by atoms with Gasteiger partial charge in [0, 0.05) is 18.6 Å². The van der Waals surface area contributed by atoms with E-state index in [1.807, 2.05) is 13.8 Å². The number of nitrogens with zero attached hydrogens (tertiary/aromatic N) is 1. The van der Waals surface area contributed by atoms with Crippen LogP contribution < -0.4 is 5.73 Å². The van der Waals surface area contributed by atoms with Gasteiger partial charge in [-0.3, -0.25) is 0 Å². The van der Waals surface area contributed by atoms with E-state index in [1.54, 1.807) is 6.92 Å². The summed E-state index contributed by atoms with van der Waals surface area (Å²) < 4.78 is 40.2. The van der Waals surface area contributed by atoms with Crippen LogP contribution in [0.25, 0.3) is 0 Å². The van der Waals surface area contributed by atoms with Crippen LogP contribution in [0.3, 0.4) is 0 Å². The number of sulfonamides is 1. The molecular formula is C14H23FN2O2S. The third-order valence-electron chi connectivity index (χ3n) is 3.90. The lowest BCUT2D eigenvalue weighted by atomic mass is 9.93. The lowest BCUT2D eigenvalue weighted by molar-refractivity contribution is 0.184. The molecule has 0 spiro atoms. The minimum Gasteiger partial charge on any atom is -0.329 e. The van der Waals surface area contributed by atoms with Crippen molar-refractivity contribution in [3.63, 3.8) is 0 Å². The Morgan fingerprint density at radius 1 is 1.25 bits per heavy atom. The second-order valence-electron chi connectivity index (χ2n) is 4.76. The molecule has 1 aromatic rings. The van der Waals surface area contributed by atoms with Gasteiger partial charge in [0.1, 0.15) is 5.82 Å². The zero-order valence-electron chi connectivity index (χ0n) is 12.3. The van der Waals surface area contributed by atoms with Crippen LogP contribution >= 0.6 is 0 Å². The Morgan fingerprint density at radius 3 is 2.25 bits per heavy atom. The quantitative estimate of drug-likeness (QED) is 0.841. The molecule has 0 aliphatic rings. The van der Waals surface area contributed by atoms with Crippen molar-refractivity contribution in [3.05, 3.63) is 30.1 Å². The number of halogens is 1. The molecule has 0 bridgehead atoms. The fourth-order valence-corrected chi connectivity index (χ4v) is 4.46. The number of nitrogens with two attached hydrogens (primary N) is 1. The van der Waals surface area contributed by atoms with E-state index in [4.69, 9.17) is 5.73 Å². The van der Waals surface area contributed by atoms with E-state index in [0.717, 1.165) is 6.07 Å². The third-order valence-corrected chi connectivity index (χ3v) is 5.97. The van der Waals surface area contributed by atoms with E-state index < -0.39 is 21.4 Å². The number of likely N-dealkylation sites (N-methyl/N-ethyl adjacent to an activating group) is 1. The fraction of sp³-hybridized carbons (Fsp3) is 0.571. The van der Waals surface area contributed by atoms with Crippen molar-refractivity contribution < 1.29 is 12.8 Å². The largest absolute Gasteiger partial charge is 0.329 e. The standard InChI is InChI=1S/C14H23FN2O2S/c1-4-14(5-2,11-16)17(6-3)20(18,19)13-9-7-8-12(15)10-13/h7-10H,4-6,11,16H2,1-3H3. The average Bonchev–Trinajstić information content (AvgIpc) is 2.44. The minimum atomic E-state index is -3.75. The van der Waals surface area contributed by atoms with Crippen LogP contribution in [-0.4, -0.2) is 31.4 Å². The van der Waals surface area contributed by atoms with Gasteiger partial charge in [0.15, 0.2) is 0 Å². The highest BCUT2D eigenvalue weighted by molar-refractivity contribution is 7.89. The number of hydrogen-bond acceptors (Lipinski definition) is 3. The van der Waals surface area contributed by atoms with Crippen LogP contribution in [0.5, 0.6) is 0 Å². The van der Waals surface area contributed by atoms with Gasteiger partial charge in [-0.2, -0.15) is 4.31 Å². The maximum Gasteiger partial charge on any atom is 0.243 e. The summed E-state index contributed by atoms with van der Waals surface area (Å²) in [7, 11) is -3.75. The predicted octanol–water partition coefficient (Wildman–Crippen LogP) is 2.35. The molecule has 0 unspecified atom stereocenters. The van der Waals surface area contributed by atoms with Gasteiger partial charge in [-0.15, -0.1) is 0 Å². The molecule has 0 atom stereocenters. The Kier molecular flexibility index (Phi) is 5.68. The van der Waals surface area contributed by atoms with Crippen LogP contribution in [0.4, 0.5) is 4.39 Å². The summed E-state index contributed by atoms with van der Waals surface area (Å²) >= 11 is 0. The molecular weight excluding hydrogens is 279 g/mol. The second-order valence-corrected chi connectivity index (χ2v) is 6.63. The maximum atomic E-state index is 13.3. The summed E-state index contributed by atoms with van der Waals surface area (Å²) in [5.74, 6) is -0.562. The summed E-state index contributed by atoms with van der Waals surface area (Å²) in [4.78, 5) is -0.0286. The third kappa shape index (κ3) is 3.02. The zero-order valence-corrected chi connectivity index (χ0v) is 13.1. The molecule has 20 heavy (non-hydrogen) atoms. The first-order valence-electron chi connectivity index (χ1n) is 6.86. The number of benzene rings is 1. The van der Waals surface area contributed by atoms with E-state index in [1.165, 1.54) is 22.5 Å². The monoisotopic (exact) mass is 302 g/mol. The SMILES string of the molecule is CCN(C(CC)(CC)CN)S(=O)(=O)c1cccc(F)c1. The van der Waals surface area contributed by atoms with Crippen LogP contribution in [0, 0.1) is 5.82 Å². The summed E-state index contributed by atoms with van der Waals surface area (Å²) in [6.07, 6.45) is 1.23. The first-order valence-corrected chi connectivity index (χ1v) is 8.30. The van der Waals surface area contributed by atoms with Crippen molar-refractivity contribution in [2.45, 2.75) is 44.0 Å². The van der Waals surface area contributed by atoms with E-state index in [9.17, 15) is 12.8 Å². The van der Waals surface area contributed by atoms with E-state index in [2.05, 4.69) is 0 Å². The van der Waals surface area contributed by atoms with Gasteiger partial charge in [-0.1, -0.05) is 26.8 Å². The minimum absolute atomic E-state index is 0.0286. The van der Waals surface area contributed by atoms with Gasteiger partial charge in [0.2, 0.25) is 10.0 Å². The van der Waals surface area contributed by atoms with Crippen LogP contribution in [-0.2, 0) is 10.0 Å². The lowest BCUT2D eigenvalue weighted by Gasteiger charge is -2.40. The molecule has 0 heterocycles. The first kappa shape index (κ1) is 17.1. The number of rotatable bonds is 7. The van der Waals surface area contributed by atoms with Crippen molar-refractivity contribution in [1.29, 1.82) is 0 Å². The van der Waals surface area contributed by atoms with E-state index >= 15 is 0 Å². The van der Waals surface area contributed by atoms with Crippen molar-refractivity contribution in [1.82, 2.24) is 4.31 Å². The predicted molar refractivity (Wildman–Crippen MR) is 78.3 cm³/mol.